The summed E-state index contributed by atoms with van der Waals surface area (Å²) in [5, 5.41) is -0.217. The fourth-order valence-electron chi connectivity index (χ4n) is 7.18. The Morgan fingerprint density at radius 2 is 1.76 bits per heavy atom. The number of ether oxygens (including phenoxy) is 1. The Labute approximate surface area is 274 Å². The number of fused-ring (bicyclic) bond motifs is 2. The Morgan fingerprint density at radius 3 is 2.33 bits per heavy atom. The predicted molar refractivity (Wildman–Crippen MR) is 179 cm³/mol. The van der Waals surface area contributed by atoms with Crippen molar-refractivity contribution < 1.29 is 22.7 Å². The van der Waals surface area contributed by atoms with Gasteiger partial charge in [0.15, 0.2) is 5.03 Å². The molecule has 2 aromatic rings. The first kappa shape index (κ1) is 33.9. The Balaban J connectivity index is 1.64. The van der Waals surface area contributed by atoms with Crippen molar-refractivity contribution in [3.05, 3.63) is 52.9 Å². The largest absolute Gasteiger partial charge is 0.444 e. The molecule has 2 aromatic heterocycles. The lowest BCUT2D eigenvalue weighted by Gasteiger charge is -2.37. The van der Waals surface area contributed by atoms with E-state index < -0.39 is 26.9 Å². The molecule has 0 aromatic carbocycles. The molecule has 10 nitrogen and oxygen atoms in total. The summed E-state index contributed by atoms with van der Waals surface area (Å²) in [6.07, 6.45) is 4.94. The van der Waals surface area contributed by atoms with Crippen molar-refractivity contribution in [1.82, 2.24) is 19.6 Å². The number of anilines is 1. The average Bonchev–Trinajstić information content (AvgIpc) is 3.35. The van der Waals surface area contributed by atoms with Crippen LogP contribution in [0.25, 0.3) is 5.57 Å². The van der Waals surface area contributed by atoms with Crippen molar-refractivity contribution in [3.63, 3.8) is 0 Å². The molecule has 2 saturated heterocycles. The minimum Gasteiger partial charge on any atom is -0.444 e. The number of nitrogens with one attached hydrogen (secondary N) is 1. The van der Waals surface area contributed by atoms with Crippen LogP contribution in [0.2, 0.25) is 0 Å². The summed E-state index contributed by atoms with van der Waals surface area (Å²) in [4.78, 5) is 40.7. The highest BCUT2D eigenvalue weighted by Crippen LogP contribution is 2.44. The molecule has 2 amide bonds. The highest BCUT2D eigenvalue weighted by molar-refractivity contribution is 7.90. The molecule has 0 spiro atoms. The van der Waals surface area contributed by atoms with Gasteiger partial charge in [-0.3, -0.25) is 9.69 Å². The fraction of sp³-hybridized carbons (Fsp3) is 0.600. The van der Waals surface area contributed by atoms with Crippen molar-refractivity contribution in [2.45, 2.75) is 129 Å². The third-order valence-corrected chi connectivity index (χ3v) is 10.2. The summed E-state index contributed by atoms with van der Waals surface area (Å²) in [5.74, 6) is 0.0848. The number of pyridine rings is 2. The van der Waals surface area contributed by atoms with Crippen LogP contribution in [0.5, 0.6) is 0 Å². The Hall–Kier alpha value is -3.47. The van der Waals surface area contributed by atoms with Gasteiger partial charge in [-0.1, -0.05) is 39.8 Å². The number of amides is 2. The minimum atomic E-state index is -4.26. The van der Waals surface area contributed by atoms with Gasteiger partial charge in [0, 0.05) is 34.8 Å². The number of aryl methyl sites for hydroxylation is 1. The summed E-state index contributed by atoms with van der Waals surface area (Å²) in [6, 6.07) is 6.32. The van der Waals surface area contributed by atoms with Crippen LogP contribution in [0.3, 0.4) is 0 Å². The van der Waals surface area contributed by atoms with Crippen molar-refractivity contribution in [3.8, 4) is 0 Å². The summed E-state index contributed by atoms with van der Waals surface area (Å²) in [5.41, 5.74) is 2.07. The quantitative estimate of drug-likeness (QED) is 0.395. The number of carbonyl (C=O) groups excluding carboxylic acids is 2. The third-order valence-electron chi connectivity index (χ3n) is 9.00. The van der Waals surface area contributed by atoms with E-state index in [2.05, 4.69) is 62.2 Å². The van der Waals surface area contributed by atoms with Gasteiger partial charge in [0.2, 0.25) is 0 Å². The van der Waals surface area contributed by atoms with E-state index in [1.807, 2.05) is 31.7 Å². The average molecular weight is 652 g/mol. The van der Waals surface area contributed by atoms with Crippen molar-refractivity contribution in [2.75, 3.05) is 11.4 Å². The summed E-state index contributed by atoms with van der Waals surface area (Å²) < 4.78 is 34.8. The monoisotopic (exact) mass is 651 g/mol. The standard InChI is InChI=1S/C35H49N5O5S/c1-21-19-35(9,10)39(20-21)30-27(31(41)38-46(43,44)28-13-11-12-22(2)36-28)18-26(29(37-30)33(3,4)5)23-16-24-14-15-25(17-23)40(24)32(42)45-34(6,7)8/h11-13,16,18,21,24-25H,14-15,17,19-20H2,1-10H3,(H,38,41). The van der Waals surface area contributed by atoms with Crippen LogP contribution in [0.4, 0.5) is 10.6 Å². The second kappa shape index (κ2) is 11.6. The number of nitrogens with zero attached hydrogens (tertiary/aromatic N) is 4. The van der Waals surface area contributed by atoms with Gasteiger partial charge in [-0.15, -0.1) is 0 Å². The van der Waals surface area contributed by atoms with Crippen molar-refractivity contribution in [1.29, 1.82) is 0 Å². The third kappa shape index (κ3) is 6.80. The molecule has 3 aliphatic rings. The maximum absolute atomic E-state index is 14.1. The Kier molecular flexibility index (Phi) is 8.58. The number of sulfonamides is 1. The number of carbonyl (C=O) groups is 2. The lowest BCUT2D eigenvalue weighted by Crippen LogP contribution is -2.45. The first-order chi connectivity index (χ1) is 21.2. The smallest absolute Gasteiger partial charge is 0.411 e. The van der Waals surface area contributed by atoms with Gasteiger partial charge in [-0.2, -0.15) is 8.42 Å². The zero-order chi connectivity index (χ0) is 34.0. The van der Waals surface area contributed by atoms with Crippen LogP contribution in [-0.4, -0.2) is 65.1 Å². The van der Waals surface area contributed by atoms with Crippen molar-refractivity contribution in [2.24, 2.45) is 5.92 Å². The molecule has 3 aliphatic heterocycles. The van der Waals surface area contributed by atoms with E-state index in [-0.39, 0.29) is 34.3 Å². The molecule has 250 valence electrons. The maximum atomic E-state index is 14.1. The van der Waals surface area contributed by atoms with Crippen LogP contribution >= 0.6 is 0 Å². The Morgan fingerprint density at radius 1 is 1.07 bits per heavy atom. The molecule has 5 rings (SSSR count). The molecule has 0 saturated carbocycles. The zero-order valence-electron chi connectivity index (χ0n) is 28.9. The highest BCUT2D eigenvalue weighted by Gasteiger charge is 2.44. The second-order valence-corrected chi connectivity index (χ2v) is 17.5. The molecule has 2 bridgehead atoms. The van der Waals surface area contributed by atoms with E-state index in [1.54, 1.807) is 19.1 Å². The van der Waals surface area contributed by atoms with Gasteiger partial charge >= 0.3 is 6.09 Å². The van der Waals surface area contributed by atoms with E-state index in [4.69, 9.17) is 9.72 Å². The van der Waals surface area contributed by atoms with E-state index >= 15 is 0 Å². The SMILES string of the molecule is Cc1cccc(S(=O)(=O)NC(=O)c2cc(C3=CC4CCC(C3)N4C(=O)OC(C)(C)C)c(C(C)(C)C)nc2N2CC(C)CC2(C)C)n1. The maximum Gasteiger partial charge on any atom is 0.411 e. The van der Waals surface area contributed by atoms with Crippen LogP contribution in [-0.2, 0) is 20.2 Å². The molecule has 5 heterocycles. The molecule has 3 atom stereocenters. The van der Waals surface area contributed by atoms with Crippen LogP contribution < -0.4 is 9.62 Å². The molecular weight excluding hydrogens is 602 g/mol. The van der Waals surface area contributed by atoms with Crippen LogP contribution in [0.15, 0.2) is 35.4 Å². The van der Waals surface area contributed by atoms with Gasteiger partial charge in [-0.25, -0.2) is 19.5 Å². The normalized spacial score (nSPS) is 22.9. The lowest BCUT2D eigenvalue weighted by molar-refractivity contribution is 0.0175. The molecule has 3 unspecified atom stereocenters. The summed E-state index contributed by atoms with van der Waals surface area (Å²) in [7, 11) is -4.26. The van der Waals surface area contributed by atoms with E-state index in [0.29, 0.717) is 30.4 Å². The topological polar surface area (TPSA) is 122 Å². The van der Waals surface area contributed by atoms with Gasteiger partial charge in [-0.05, 0) is 96.9 Å². The molecule has 0 aliphatic carbocycles. The minimum absolute atomic E-state index is 0.0456. The summed E-state index contributed by atoms with van der Waals surface area (Å²) >= 11 is 0. The molecule has 2 fully saturated rings. The molecule has 0 radical (unpaired) electrons. The van der Waals surface area contributed by atoms with E-state index in [1.165, 1.54) is 6.07 Å². The Bertz CT molecular complexity index is 1690. The van der Waals surface area contributed by atoms with Gasteiger partial charge in [0.1, 0.15) is 11.4 Å². The van der Waals surface area contributed by atoms with Crippen LogP contribution in [0, 0.1) is 12.8 Å². The zero-order valence-corrected chi connectivity index (χ0v) is 29.7. The molecule has 11 heteroatoms. The number of hydrogen-bond acceptors (Lipinski definition) is 8. The number of aromatic nitrogens is 2. The first-order valence-electron chi connectivity index (χ1n) is 16.2. The van der Waals surface area contributed by atoms with Crippen molar-refractivity contribution >= 4 is 33.4 Å². The number of rotatable bonds is 5. The highest BCUT2D eigenvalue weighted by atomic mass is 32.2. The molecule has 46 heavy (non-hydrogen) atoms. The first-order valence-corrected chi connectivity index (χ1v) is 17.7. The van der Waals surface area contributed by atoms with Gasteiger partial charge in [0.05, 0.1) is 17.3 Å². The lowest BCUT2D eigenvalue weighted by atomic mass is 9.82. The fourth-order valence-corrected chi connectivity index (χ4v) is 8.16. The molecule has 1 N–H and O–H groups in total. The second-order valence-electron chi connectivity index (χ2n) is 15.9. The van der Waals surface area contributed by atoms with E-state index in [0.717, 1.165) is 36.1 Å². The van der Waals surface area contributed by atoms with Gasteiger partial charge in [0.25, 0.3) is 15.9 Å². The number of hydrogen-bond donors (Lipinski definition) is 1. The summed E-state index contributed by atoms with van der Waals surface area (Å²) in [6.45, 7) is 20.7. The predicted octanol–water partition coefficient (Wildman–Crippen LogP) is 6.38. The van der Waals surface area contributed by atoms with Gasteiger partial charge < -0.3 is 9.64 Å². The molecular formula is C35H49N5O5S. The van der Waals surface area contributed by atoms with Crippen LogP contribution in [0.1, 0.15) is 115 Å². The van der Waals surface area contributed by atoms with E-state index in [9.17, 15) is 18.0 Å².